The second-order valence-corrected chi connectivity index (χ2v) is 9.88. The predicted molar refractivity (Wildman–Crippen MR) is 118 cm³/mol. The van der Waals surface area contributed by atoms with Crippen molar-refractivity contribution in [2.45, 2.75) is 84.5 Å². The Morgan fingerprint density at radius 1 is 1.13 bits per heavy atom. The number of benzene rings is 1. The molecule has 0 saturated heterocycles. The molecule has 3 atom stereocenters. The van der Waals surface area contributed by atoms with E-state index >= 15 is 0 Å². The molecule has 0 unspecified atom stereocenters. The van der Waals surface area contributed by atoms with Gasteiger partial charge in [0.1, 0.15) is 23.6 Å². The summed E-state index contributed by atoms with van der Waals surface area (Å²) in [4.78, 5) is 24.6. The van der Waals surface area contributed by atoms with Gasteiger partial charge in [0.15, 0.2) is 0 Å². The lowest BCUT2D eigenvalue weighted by Gasteiger charge is -2.31. The zero-order valence-corrected chi connectivity index (χ0v) is 19.9. The fraction of sp³-hybridized carbons (Fsp3) is 0.652. The Morgan fingerprint density at radius 3 is 2.33 bits per heavy atom. The maximum Gasteiger partial charge on any atom is 0.309 e. The van der Waals surface area contributed by atoms with Crippen LogP contribution in [0.2, 0.25) is 10.0 Å². The van der Waals surface area contributed by atoms with Crippen LogP contribution in [0.15, 0.2) is 18.2 Å². The van der Waals surface area contributed by atoms with E-state index in [-0.39, 0.29) is 18.4 Å². The van der Waals surface area contributed by atoms with Crippen LogP contribution in [0.4, 0.5) is 0 Å². The fourth-order valence-corrected chi connectivity index (χ4v) is 4.11. The minimum atomic E-state index is -0.606. The highest BCUT2D eigenvalue weighted by molar-refractivity contribution is 6.35. The molecular formula is C23H32Cl2O5. The van der Waals surface area contributed by atoms with Gasteiger partial charge in [-0.15, -0.1) is 0 Å². The first-order valence-corrected chi connectivity index (χ1v) is 11.3. The lowest BCUT2D eigenvalue weighted by Crippen LogP contribution is -2.40. The van der Waals surface area contributed by atoms with Crippen LogP contribution in [0.1, 0.15) is 66.7 Å². The second kappa shape index (κ2) is 10.7. The zero-order valence-electron chi connectivity index (χ0n) is 18.4. The number of hydrogen-bond donors (Lipinski definition) is 0. The Balaban J connectivity index is 2.03. The molecule has 1 aromatic rings. The lowest BCUT2D eigenvalue weighted by molar-refractivity contribution is -0.166. The van der Waals surface area contributed by atoms with Gasteiger partial charge in [0.25, 0.3) is 0 Å². The largest absolute Gasteiger partial charge is 0.485 e. The van der Waals surface area contributed by atoms with E-state index in [2.05, 4.69) is 0 Å². The fourth-order valence-electron chi connectivity index (χ4n) is 3.66. The van der Waals surface area contributed by atoms with Crippen molar-refractivity contribution in [1.29, 1.82) is 0 Å². The first-order valence-electron chi connectivity index (χ1n) is 10.5. The van der Waals surface area contributed by atoms with Gasteiger partial charge in [-0.1, -0.05) is 43.0 Å². The summed E-state index contributed by atoms with van der Waals surface area (Å²) in [6.07, 6.45) is 3.40. The summed E-state index contributed by atoms with van der Waals surface area (Å²) in [6.45, 7) is 8.87. The summed E-state index contributed by atoms with van der Waals surface area (Å²) in [7, 11) is 0. The van der Waals surface area contributed by atoms with Crippen molar-refractivity contribution in [3.05, 3.63) is 28.2 Å². The molecule has 0 bridgehead atoms. The average molecular weight is 459 g/mol. The topological polar surface area (TPSA) is 61.8 Å². The van der Waals surface area contributed by atoms with Crippen molar-refractivity contribution in [1.82, 2.24) is 0 Å². The molecule has 1 fully saturated rings. The Hall–Kier alpha value is -1.46. The molecule has 168 valence electrons. The van der Waals surface area contributed by atoms with Crippen LogP contribution >= 0.6 is 23.2 Å². The van der Waals surface area contributed by atoms with Crippen LogP contribution in [0.5, 0.6) is 5.75 Å². The zero-order chi connectivity index (χ0) is 22.5. The number of esters is 2. The molecule has 1 aliphatic carbocycles. The molecule has 2 rings (SSSR count). The van der Waals surface area contributed by atoms with Crippen LogP contribution in [-0.2, 0) is 19.1 Å². The summed E-state index contributed by atoms with van der Waals surface area (Å²) >= 11 is 12.3. The van der Waals surface area contributed by atoms with E-state index in [9.17, 15) is 9.59 Å². The summed E-state index contributed by atoms with van der Waals surface area (Å²) in [6, 6.07) is 5.07. The number of rotatable bonds is 8. The first kappa shape index (κ1) is 24.8. The van der Waals surface area contributed by atoms with E-state index in [1.165, 1.54) is 0 Å². The Bertz CT molecular complexity index is 738. The molecular weight excluding hydrogens is 427 g/mol. The van der Waals surface area contributed by atoms with E-state index in [4.69, 9.17) is 37.4 Å². The van der Waals surface area contributed by atoms with E-state index in [0.717, 1.165) is 25.7 Å². The van der Waals surface area contributed by atoms with Gasteiger partial charge < -0.3 is 14.2 Å². The number of halogens is 2. The quantitative estimate of drug-likeness (QED) is 0.431. The molecule has 5 nitrogen and oxygen atoms in total. The number of carbonyl (C=O) groups is 2. The third-order valence-corrected chi connectivity index (χ3v) is 5.61. The molecule has 0 spiro atoms. The Morgan fingerprint density at radius 2 is 1.77 bits per heavy atom. The molecule has 1 aliphatic rings. The highest BCUT2D eigenvalue weighted by Gasteiger charge is 2.35. The molecule has 0 radical (unpaired) electrons. The first-order chi connectivity index (χ1) is 14.0. The number of carbonyl (C=O) groups excluding carboxylic acids is 2. The van der Waals surface area contributed by atoms with Crippen LogP contribution in [-0.4, -0.2) is 29.7 Å². The average Bonchev–Trinajstić information content (AvgIpc) is 3.13. The minimum Gasteiger partial charge on any atom is -0.485 e. The van der Waals surface area contributed by atoms with E-state index in [1.807, 2.05) is 6.92 Å². The molecule has 0 heterocycles. The normalized spacial score (nSPS) is 17.8. The van der Waals surface area contributed by atoms with Crippen LogP contribution in [0.3, 0.4) is 0 Å². The van der Waals surface area contributed by atoms with Crippen LogP contribution in [0.25, 0.3) is 0 Å². The molecule has 0 aliphatic heterocycles. The van der Waals surface area contributed by atoms with Crippen molar-refractivity contribution in [2.24, 2.45) is 11.8 Å². The minimum absolute atomic E-state index is 0.0270. The monoisotopic (exact) mass is 458 g/mol. The molecule has 0 amide bonds. The molecule has 0 N–H and O–H groups in total. The standard InChI is InChI=1S/C23H32Cl2O5/c1-14(12-20(26)30-23(3,4)5)22(27)28-15(2)21(16-8-6-7-9-16)29-19-11-10-17(24)13-18(19)25/h10-11,13-16,21H,6-9,12H2,1-5H3/t14-,15+,21+/m1/s1. The Labute approximate surface area is 189 Å². The van der Waals surface area contributed by atoms with E-state index in [0.29, 0.717) is 15.8 Å². The second-order valence-electron chi connectivity index (χ2n) is 9.04. The van der Waals surface area contributed by atoms with Gasteiger partial charge in [-0.3, -0.25) is 9.59 Å². The third-order valence-electron chi connectivity index (χ3n) is 5.08. The molecule has 0 aromatic heterocycles. The van der Waals surface area contributed by atoms with Crippen molar-refractivity contribution in [2.75, 3.05) is 0 Å². The maximum absolute atomic E-state index is 12.6. The van der Waals surface area contributed by atoms with Gasteiger partial charge in [-0.05, 0) is 64.7 Å². The molecule has 1 aromatic carbocycles. The summed E-state index contributed by atoms with van der Waals surface area (Å²) in [5, 5.41) is 0.947. The van der Waals surface area contributed by atoms with E-state index < -0.39 is 29.6 Å². The van der Waals surface area contributed by atoms with Gasteiger partial charge in [-0.2, -0.15) is 0 Å². The van der Waals surface area contributed by atoms with Gasteiger partial charge in [0.2, 0.25) is 0 Å². The van der Waals surface area contributed by atoms with Crippen molar-refractivity contribution in [3.63, 3.8) is 0 Å². The van der Waals surface area contributed by atoms with Gasteiger partial charge in [0, 0.05) is 5.02 Å². The highest BCUT2D eigenvalue weighted by Crippen LogP contribution is 2.35. The van der Waals surface area contributed by atoms with Crippen molar-refractivity contribution in [3.8, 4) is 5.75 Å². The van der Waals surface area contributed by atoms with Gasteiger partial charge >= 0.3 is 11.9 Å². The van der Waals surface area contributed by atoms with Crippen molar-refractivity contribution < 1.29 is 23.8 Å². The summed E-state index contributed by atoms with van der Waals surface area (Å²) in [5.74, 6) is -0.688. The number of ether oxygens (including phenoxy) is 3. The maximum atomic E-state index is 12.6. The van der Waals surface area contributed by atoms with Crippen LogP contribution < -0.4 is 4.74 Å². The van der Waals surface area contributed by atoms with Crippen molar-refractivity contribution >= 4 is 35.1 Å². The predicted octanol–water partition coefficient (Wildman–Crippen LogP) is 6.23. The Kier molecular flexibility index (Phi) is 8.86. The highest BCUT2D eigenvalue weighted by atomic mass is 35.5. The molecule has 30 heavy (non-hydrogen) atoms. The van der Waals surface area contributed by atoms with Crippen LogP contribution in [0, 0.1) is 11.8 Å². The lowest BCUT2D eigenvalue weighted by atomic mass is 9.96. The van der Waals surface area contributed by atoms with E-state index in [1.54, 1.807) is 45.9 Å². The number of hydrogen-bond acceptors (Lipinski definition) is 5. The molecule has 1 saturated carbocycles. The third kappa shape index (κ3) is 7.66. The molecule has 7 heteroatoms. The SMILES string of the molecule is C[C@H](CC(=O)OC(C)(C)C)C(=O)O[C@@H](C)[C@H](Oc1ccc(Cl)cc1Cl)C1CCCC1. The summed E-state index contributed by atoms with van der Waals surface area (Å²) < 4.78 is 17.2. The smallest absolute Gasteiger partial charge is 0.309 e. The summed E-state index contributed by atoms with van der Waals surface area (Å²) in [5.41, 5.74) is -0.590. The van der Waals surface area contributed by atoms with Gasteiger partial charge in [0.05, 0.1) is 17.4 Å². The van der Waals surface area contributed by atoms with Gasteiger partial charge in [-0.25, -0.2) is 0 Å².